The maximum Gasteiger partial charge on any atom is 0.311 e. The lowest BCUT2D eigenvalue weighted by atomic mass is 9.95. The summed E-state index contributed by atoms with van der Waals surface area (Å²) in [5.74, 6) is -2.78. The van der Waals surface area contributed by atoms with Crippen molar-refractivity contribution >= 4 is 11.9 Å². The average Bonchev–Trinajstić information content (AvgIpc) is 2.34. The zero-order valence-electron chi connectivity index (χ0n) is 10.1. The highest BCUT2D eigenvalue weighted by atomic mass is 19.1. The monoisotopic (exact) mass is 253 g/mol. The van der Waals surface area contributed by atoms with Gasteiger partial charge in [0, 0.05) is 13.0 Å². The number of halogens is 1. The molecule has 0 fully saturated rings. The van der Waals surface area contributed by atoms with Crippen molar-refractivity contribution in [3.63, 3.8) is 0 Å². The topological polar surface area (TPSA) is 66.4 Å². The van der Waals surface area contributed by atoms with Crippen molar-refractivity contribution in [1.82, 2.24) is 5.32 Å². The first-order valence-corrected chi connectivity index (χ1v) is 5.79. The number of amides is 1. The van der Waals surface area contributed by atoms with Gasteiger partial charge in [0.25, 0.3) is 0 Å². The number of carboxylic acid groups (broad SMARTS) is 1. The van der Waals surface area contributed by atoms with Crippen molar-refractivity contribution in [2.45, 2.75) is 25.7 Å². The van der Waals surface area contributed by atoms with Crippen molar-refractivity contribution < 1.29 is 19.1 Å². The molecule has 5 heteroatoms. The third-order valence-electron chi connectivity index (χ3n) is 2.53. The summed E-state index contributed by atoms with van der Waals surface area (Å²) in [6.45, 7) is 2.43. The number of carboxylic acids is 1. The first-order valence-electron chi connectivity index (χ1n) is 5.79. The quantitative estimate of drug-likeness (QED) is 0.813. The van der Waals surface area contributed by atoms with Crippen LogP contribution >= 0.6 is 0 Å². The Kier molecular flexibility index (Phi) is 5.30. The van der Waals surface area contributed by atoms with Gasteiger partial charge in [-0.05, 0) is 24.1 Å². The van der Waals surface area contributed by atoms with Crippen LogP contribution in [-0.4, -0.2) is 23.5 Å². The Morgan fingerprint density at radius 2 is 1.94 bits per heavy atom. The first-order chi connectivity index (χ1) is 8.54. The summed E-state index contributed by atoms with van der Waals surface area (Å²) in [6, 6.07) is 5.16. The molecule has 1 aromatic carbocycles. The molecule has 0 aliphatic rings. The molecular weight excluding hydrogens is 237 g/mol. The third-order valence-corrected chi connectivity index (χ3v) is 2.53. The zero-order chi connectivity index (χ0) is 13.5. The fourth-order valence-electron chi connectivity index (χ4n) is 1.56. The van der Waals surface area contributed by atoms with Gasteiger partial charge < -0.3 is 10.4 Å². The molecule has 1 atom stereocenters. The van der Waals surface area contributed by atoms with Crippen molar-refractivity contribution in [3.8, 4) is 0 Å². The highest BCUT2D eigenvalue weighted by Crippen LogP contribution is 2.20. The Morgan fingerprint density at radius 3 is 2.44 bits per heavy atom. The second kappa shape index (κ2) is 6.74. The van der Waals surface area contributed by atoms with E-state index in [0.717, 1.165) is 6.42 Å². The summed E-state index contributed by atoms with van der Waals surface area (Å²) in [6.07, 6.45) is 0.654. The van der Waals surface area contributed by atoms with E-state index >= 15 is 0 Å². The highest BCUT2D eigenvalue weighted by molar-refractivity contribution is 5.85. The molecule has 0 bridgehead atoms. The van der Waals surface area contributed by atoms with Gasteiger partial charge in [-0.1, -0.05) is 19.1 Å². The molecular formula is C13H16FNO3. The molecule has 0 saturated heterocycles. The van der Waals surface area contributed by atoms with Gasteiger partial charge in [-0.15, -0.1) is 0 Å². The summed E-state index contributed by atoms with van der Waals surface area (Å²) in [5, 5.41) is 11.7. The summed E-state index contributed by atoms with van der Waals surface area (Å²) < 4.78 is 12.8. The van der Waals surface area contributed by atoms with E-state index in [1.165, 1.54) is 24.3 Å². The van der Waals surface area contributed by atoms with Crippen LogP contribution in [0.1, 0.15) is 31.2 Å². The number of rotatable bonds is 6. The van der Waals surface area contributed by atoms with Crippen LogP contribution in [0.2, 0.25) is 0 Å². The van der Waals surface area contributed by atoms with Crippen LogP contribution in [0.15, 0.2) is 24.3 Å². The van der Waals surface area contributed by atoms with Gasteiger partial charge in [-0.3, -0.25) is 9.59 Å². The summed E-state index contributed by atoms with van der Waals surface area (Å²) in [5.41, 5.74) is 0.426. The normalized spacial score (nSPS) is 11.9. The van der Waals surface area contributed by atoms with E-state index in [4.69, 9.17) is 5.11 Å². The van der Waals surface area contributed by atoms with Crippen LogP contribution in [0.5, 0.6) is 0 Å². The van der Waals surface area contributed by atoms with Gasteiger partial charge in [-0.25, -0.2) is 4.39 Å². The molecule has 0 spiro atoms. The van der Waals surface area contributed by atoms with Gasteiger partial charge in [-0.2, -0.15) is 0 Å². The first kappa shape index (κ1) is 14.2. The molecule has 0 aliphatic heterocycles. The number of nitrogens with one attached hydrogen (secondary N) is 1. The van der Waals surface area contributed by atoms with Gasteiger partial charge in [0.15, 0.2) is 0 Å². The molecule has 0 aliphatic carbocycles. The molecule has 0 saturated carbocycles. The lowest BCUT2D eigenvalue weighted by molar-refractivity contribution is -0.140. The predicted molar refractivity (Wildman–Crippen MR) is 64.7 cm³/mol. The van der Waals surface area contributed by atoms with Crippen molar-refractivity contribution in [2.75, 3.05) is 6.54 Å². The minimum atomic E-state index is -1.09. The fourth-order valence-corrected chi connectivity index (χ4v) is 1.56. The van der Waals surface area contributed by atoms with Crippen LogP contribution in [0, 0.1) is 5.82 Å². The Balaban J connectivity index is 2.74. The summed E-state index contributed by atoms with van der Waals surface area (Å²) in [7, 11) is 0. The van der Waals surface area contributed by atoms with Gasteiger partial charge in [0.05, 0.1) is 5.92 Å². The van der Waals surface area contributed by atoms with E-state index < -0.39 is 17.7 Å². The van der Waals surface area contributed by atoms with E-state index in [0.29, 0.717) is 12.1 Å². The van der Waals surface area contributed by atoms with E-state index in [1.54, 1.807) is 0 Å². The van der Waals surface area contributed by atoms with Crippen LogP contribution in [0.25, 0.3) is 0 Å². The standard InChI is InChI=1S/C13H16FNO3/c1-2-7-15-12(16)8-11(13(17)18)9-3-5-10(14)6-4-9/h3-6,11H,2,7-8H2,1H3,(H,15,16)(H,17,18). The van der Waals surface area contributed by atoms with Gasteiger partial charge in [0.2, 0.25) is 5.91 Å². The zero-order valence-corrected chi connectivity index (χ0v) is 10.1. The number of aliphatic carboxylic acids is 1. The number of hydrogen-bond donors (Lipinski definition) is 2. The second-order valence-electron chi connectivity index (χ2n) is 4.00. The molecule has 0 aromatic heterocycles. The van der Waals surface area contributed by atoms with Gasteiger partial charge >= 0.3 is 5.97 Å². The summed E-state index contributed by atoms with van der Waals surface area (Å²) in [4.78, 5) is 22.6. The number of benzene rings is 1. The highest BCUT2D eigenvalue weighted by Gasteiger charge is 2.22. The molecule has 1 unspecified atom stereocenters. The third kappa shape index (κ3) is 4.16. The van der Waals surface area contributed by atoms with Crippen LogP contribution in [0.4, 0.5) is 4.39 Å². The maximum atomic E-state index is 12.8. The van der Waals surface area contributed by atoms with Crippen LogP contribution < -0.4 is 5.32 Å². The Labute approximate surface area is 105 Å². The molecule has 98 valence electrons. The van der Waals surface area contributed by atoms with E-state index in [9.17, 15) is 14.0 Å². The maximum absolute atomic E-state index is 12.8. The number of carbonyl (C=O) groups is 2. The summed E-state index contributed by atoms with van der Waals surface area (Å²) >= 11 is 0. The molecule has 0 radical (unpaired) electrons. The fraction of sp³-hybridized carbons (Fsp3) is 0.385. The molecule has 2 N–H and O–H groups in total. The van der Waals surface area contributed by atoms with Crippen molar-refractivity contribution in [3.05, 3.63) is 35.6 Å². The lowest BCUT2D eigenvalue weighted by Crippen LogP contribution is -2.27. The Morgan fingerprint density at radius 1 is 1.33 bits per heavy atom. The Hall–Kier alpha value is -1.91. The molecule has 18 heavy (non-hydrogen) atoms. The largest absolute Gasteiger partial charge is 0.481 e. The van der Waals surface area contributed by atoms with Crippen molar-refractivity contribution in [1.29, 1.82) is 0 Å². The molecule has 1 aromatic rings. The minimum absolute atomic E-state index is 0.138. The Bertz CT molecular complexity index is 417. The van der Waals surface area contributed by atoms with Gasteiger partial charge in [0.1, 0.15) is 5.82 Å². The molecule has 1 rings (SSSR count). The number of carbonyl (C=O) groups excluding carboxylic acids is 1. The molecule has 0 heterocycles. The molecule has 1 amide bonds. The van der Waals surface area contributed by atoms with Crippen molar-refractivity contribution in [2.24, 2.45) is 0 Å². The predicted octanol–water partition coefficient (Wildman–Crippen LogP) is 1.91. The average molecular weight is 253 g/mol. The van der Waals surface area contributed by atoms with E-state index in [-0.39, 0.29) is 12.3 Å². The smallest absolute Gasteiger partial charge is 0.311 e. The van der Waals surface area contributed by atoms with E-state index in [2.05, 4.69) is 5.32 Å². The lowest BCUT2D eigenvalue weighted by Gasteiger charge is -2.12. The van der Waals surface area contributed by atoms with E-state index in [1.807, 2.05) is 6.92 Å². The SMILES string of the molecule is CCCNC(=O)CC(C(=O)O)c1ccc(F)cc1. The molecule has 4 nitrogen and oxygen atoms in total. The number of hydrogen-bond acceptors (Lipinski definition) is 2. The van der Waals surface area contributed by atoms with Crippen LogP contribution in [-0.2, 0) is 9.59 Å². The second-order valence-corrected chi connectivity index (χ2v) is 4.00. The minimum Gasteiger partial charge on any atom is -0.481 e. The van der Waals surface area contributed by atoms with Crippen LogP contribution in [0.3, 0.4) is 0 Å².